The maximum atomic E-state index is 10.4. The minimum Gasteiger partial charge on any atom is -0.399 e. The molecule has 0 unspecified atom stereocenters. The number of primary amides is 1. The van der Waals surface area contributed by atoms with Crippen molar-refractivity contribution in [1.29, 1.82) is 0 Å². The zero-order valence-corrected chi connectivity index (χ0v) is 7.50. The Morgan fingerprint density at radius 2 is 2.15 bits per heavy atom. The largest absolute Gasteiger partial charge is 0.399 e. The zero-order chi connectivity index (χ0) is 9.84. The molecule has 0 atom stereocenters. The molecule has 4 heteroatoms. The molecular formula is C9H13N3O. The van der Waals surface area contributed by atoms with Crippen molar-refractivity contribution in [2.75, 3.05) is 5.73 Å². The van der Waals surface area contributed by atoms with Gasteiger partial charge in [0.1, 0.15) is 0 Å². The summed E-state index contributed by atoms with van der Waals surface area (Å²) >= 11 is 0. The summed E-state index contributed by atoms with van der Waals surface area (Å²) in [6.07, 6.45) is 0. The number of aryl methyl sites for hydroxylation is 1. The number of amides is 2. The number of carbonyl (C=O) groups is 1. The van der Waals surface area contributed by atoms with Gasteiger partial charge in [-0.15, -0.1) is 0 Å². The predicted octanol–water partition coefficient (Wildman–Crippen LogP) is 0.746. The van der Waals surface area contributed by atoms with Crippen LogP contribution in [0.3, 0.4) is 0 Å². The SMILES string of the molecule is Cc1cc(N)cc(CNC(N)=O)c1. The van der Waals surface area contributed by atoms with E-state index in [2.05, 4.69) is 5.32 Å². The number of anilines is 1. The molecule has 1 rings (SSSR count). The van der Waals surface area contributed by atoms with Gasteiger partial charge in [0, 0.05) is 12.2 Å². The van der Waals surface area contributed by atoms with Crippen LogP contribution in [0.1, 0.15) is 11.1 Å². The Morgan fingerprint density at radius 1 is 1.46 bits per heavy atom. The van der Waals surface area contributed by atoms with Crippen LogP contribution in [0.5, 0.6) is 0 Å². The number of carbonyl (C=O) groups excluding carboxylic acids is 1. The summed E-state index contributed by atoms with van der Waals surface area (Å²) in [6, 6.07) is 5.10. The van der Waals surface area contributed by atoms with Crippen LogP contribution in [0.25, 0.3) is 0 Å². The predicted molar refractivity (Wildman–Crippen MR) is 52.0 cm³/mol. The highest BCUT2D eigenvalue weighted by Crippen LogP contribution is 2.10. The molecule has 0 saturated carbocycles. The van der Waals surface area contributed by atoms with Gasteiger partial charge in [-0.1, -0.05) is 6.07 Å². The molecule has 4 nitrogen and oxygen atoms in total. The molecule has 0 aliphatic carbocycles. The average molecular weight is 179 g/mol. The van der Waals surface area contributed by atoms with Gasteiger partial charge in [-0.25, -0.2) is 4.79 Å². The highest BCUT2D eigenvalue weighted by molar-refractivity contribution is 5.71. The van der Waals surface area contributed by atoms with Crippen LogP contribution >= 0.6 is 0 Å². The van der Waals surface area contributed by atoms with Crippen molar-refractivity contribution in [3.8, 4) is 0 Å². The number of benzene rings is 1. The van der Waals surface area contributed by atoms with E-state index in [0.29, 0.717) is 12.2 Å². The minimum atomic E-state index is -0.528. The Bertz CT molecular complexity index is 302. The van der Waals surface area contributed by atoms with E-state index in [4.69, 9.17) is 11.5 Å². The summed E-state index contributed by atoms with van der Waals surface area (Å²) in [5, 5.41) is 2.50. The molecule has 0 aromatic heterocycles. The molecule has 0 bridgehead atoms. The van der Waals surface area contributed by atoms with E-state index in [1.165, 1.54) is 0 Å². The molecule has 0 aliphatic rings. The molecule has 2 amide bonds. The number of hydrogen-bond donors (Lipinski definition) is 3. The first kappa shape index (κ1) is 9.38. The van der Waals surface area contributed by atoms with Crippen molar-refractivity contribution in [3.05, 3.63) is 29.3 Å². The number of rotatable bonds is 2. The van der Waals surface area contributed by atoms with Crippen LogP contribution in [0.4, 0.5) is 10.5 Å². The van der Waals surface area contributed by atoms with Crippen LogP contribution in [0, 0.1) is 6.92 Å². The third-order valence-electron chi connectivity index (χ3n) is 1.63. The van der Waals surface area contributed by atoms with Crippen LogP contribution in [0.15, 0.2) is 18.2 Å². The highest BCUT2D eigenvalue weighted by atomic mass is 16.2. The smallest absolute Gasteiger partial charge is 0.312 e. The van der Waals surface area contributed by atoms with Crippen LogP contribution < -0.4 is 16.8 Å². The lowest BCUT2D eigenvalue weighted by atomic mass is 10.1. The molecule has 0 radical (unpaired) electrons. The van der Waals surface area contributed by atoms with Crippen molar-refractivity contribution in [1.82, 2.24) is 5.32 Å². The average Bonchev–Trinajstić information content (AvgIpc) is 1.99. The summed E-state index contributed by atoms with van der Waals surface area (Å²) in [5.74, 6) is 0. The topological polar surface area (TPSA) is 81.1 Å². The molecule has 13 heavy (non-hydrogen) atoms. The van der Waals surface area contributed by atoms with E-state index in [9.17, 15) is 4.79 Å². The van der Waals surface area contributed by atoms with Gasteiger partial charge in [0.15, 0.2) is 0 Å². The van der Waals surface area contributed by atoms with Crippen LogP contribution in [0.2, 0.25) is 0 Å². The zero-order valence-electron chi connectivity index (χ0n) is 7.50. The summed E-state index contributed by atoms with van der Waals surface area (Å²) in [7, 11) is 0. The molecule has 0 spiro atoms. The summed E-state index contributed by atoms with van der Waals surface area (Å²) < 4.78 is 0. The quantitative estimate of drug-likeness (QED) is 0.585. The molecule has 1 aromatic carbocycles. The Morgan fingerprint density at radius 3 is 2.69 bits per heavy atom. The van der Waals surface area contributed by atoms with Crippen LogP contribution in [-0.2, 0) is 6.54 Å². The third-order valence-corrected chi connectivity index (χ3v) is 1.63. The number of nitrogen functional groups attached to an aromatic ring is 1. The normalized spacial score (nSPS) is 9.62. The first-order valence-electron chi connectivity index (χ1n) is 3.97. The van der Waals surface area contributed by atoms with E-state index in [1.807, 2.05) is 25.1 Å². The molecular weight excluding hydrogens is 166 g/mol. The van der Waals surface area contributed by atoms with E-state index in [0.717, 1.165) is 11.1 Å². The molecule has 70 valence electrons. The van der Waals surface area contributed by atoms with Crippen LogP contribution in [-0.4, -0.2) is 6.03 Å². The summed E-state index contributed by atoms with van der Waals surface area (Å²) in [6.45, 7) is 2.37. The van der Waals surface area contributed by atoms with Gasteiger partial charge in [-0.2, -0.15) is 0 Å². The summed E-state index contributed by atoms with van der Waals surface area (Å²) in [5.41, 5.74) is 13.3. The second kappa shape index (κ2) is 3.80. The second-order valence-electron chi connectivity index (χ2n) is 2.97. The number of hydrogen-bond acceptors (Lipinski definition) is 2. The molecule has 0 saturated heterocycles. The first-order chi connectivity index (χ1) is 6.08. The Kier molecular flexibility index (Phi) is 2.74. The van der Waals surface area contributed by atoms with Crippen molar-refractivity contribution in [3.63, 3.8) is 0 Å². The fraction of sp³-hybridized carbons (Fsp3) is 0.222. The molecule has 0 aliphatic heterocycles. The van der Waals surface area contributed by atoms with E-state index >= 15 is 0 Å². The number of nitrogens with one attached hydrogen (secondary N) is 1. The lowest BCUT2D eigenvalue weighted by molar-refractivity contribution is 0.248. The molecule has 0 fully saturated rings. The van der Waals surface area contributed by atoms with Crippen molar-refractivity contribution in [2.45, 2.75) is 13.5 Å². The Hall–Kier alpha value is -1.71. The third kappa shape index (κ3) is 3.02. The van der Waals surface area contributed by atoms with Gasteiger partial charge >= 0.3 is 6.03 Å². The van der Waals surface area contributed by atoms with Gasteiger partial charge in [0.2, 0.25) is 0 Å². The lowest BCUT2D eigenvalue weighted by Gasteiger charge is -2.04. The van der Waals surface area contributed by atoms with Gasteiger partial charge in [0.05, 0.1) is 0 Å². The number of urea groups is 1. The van der Waals surface area contributed by atoms with Gasteiger partial charge in [0.25, 0.3) is 0 Å². The summed E-state index contributed by atoms with van der Waals surface area (Å²) in [4.78, 5) is 10.4. The van der Waals surface area contributed by atoms with E-state index < -0.39 is 6.03 Å². The van der Waals surface area contributed by atoms with Crippen molar-refractivity contribution >= 4 is 11.7 Å². The highest BCUT2D eigenvalue weighted by Gasteiger charge is 1.97. The maximum Gasteiger partial charge on any atom is 0.312 e. The minimum absolute atomic E-state index is 0.418. The maximum absolute atomic E-state index is 10.4. The Balaban J connectivity index is 2.71. The van der Waals surface area contributed by atoms with Crippen molar-refractivity contribution < 1.29 is 4.79 Å². The molecule has 0 heterocycles. The van der Waals surface area contributed by atoms with Crippen molar-refractivity contribution in [2.24, 2.45) is 5.73 Å². The monoisotopic (exact) mass is 179 g/mol. The molecule has 5 N–H and O–H groups in total. The lowest BCUT2D eigenvalue weighted by Crippen LogP contribution is -2.28. The second-order valence-corrected chi connectivity index (χ2v) is 2.97. The van der Waals surface area contributed by atoms with E-state index in [1.54, 1.807) is 0 Å². The number of nitrogens with two attached hydrogens (primary N) is 2. The van der Waals surface area contributed by atoms with Gasteiger partial charge in [-0.3, -0.25) is 0 Å². The van der Waals surface area contributed by atoms with Gasteiger partial charge < -0.3 is 16.8 Å². The Labute approximate surface area is 76.9 Å². The standard InChI is InChI=1S/C9H13N3O/c1-6-2-7(4-8(10)3-6)5-12-9(11)13/h2-4H,5,10H2,1H3,(H3,11,12,13). The van der Waals surface area contributed by atoms with E-state index in [-0.39, 0.29) is 0 Å². The molecule has 1 aromatic rings. The fourth-order valence-electron chi connectivity index (χ4n) is 1.19. The fourth-order valence-corrected chi connectivity index (χ4v) is 1.19. The van der Waals surface area contributed by atoms with Gasteiger partial charge in [-0.05, 0) is 30.2 Å². The first-order valence-corrected chi connectivity index (χ1v) is 3.97.